The number of hydrogen-bond acceptors (Lipinski definition) is 3. The molecule has 94 valence electrons. The first-order chi connectivity index (χ1) is 8.69. The third-order valence-electron chi connectivity index (χ3n) is 2.50. The van der Waals surface area contributed by atoms with Crippen LogP contribution in [0.3, 0.4) is 0 Å². The second-order valence-corrected chi connectivity index (χ2v) is 5.28. The molecule has 0 amide bonds. The lowest BCUT2D eigenvalue weighted by molar-refractivity contribution is 0.414. The first-order valence-electron chi connectivity index (χ1n) is 5.50. The second-order valence-electron chi connectivity index (χ2n) is 3.82. The van der Waals surface area contributed by atoms with E-state index in [-0.39, 0.29) is 0 Å². The highest BCUT2D eigenvalue weighted by Gasteiger charge is 2.02. The van der Waals surface area contributed by atoms with Gasteiger partial charge in [0.1, 0.15) is 5.75 Å². The minimum Gasteiger partial charge on any atom is -0.497 e. The van der Waals surface area contributed by atoms with Crippen molar-refractivity contribution in [1.29, 1.82) is 0 Å². The first-order valence-corrected chi connectivity index (χ1v) is 6.86. The average molecular weight is 280 g/mol. The van der Waals surface area contributed by atoms with Gasteiger partial charge in [-0.2, -0.15) is 0 Å². The van der Waals surface area contributed by atoms with E-state index in [1.807, 2.05) is 30.3 Å². The summed E-state index contributed by atoms with van der Waals surface area (Å²) in [5, 5.41) is 0.665. The van der Waals surface area contributed by atoms with Crippen LogP contribution in [-0.4, -0.2) is 7.11 Å². The fourth-order valence-electron chi connectivity index (χ4n) is 1.57. The van der Waals surface area contributed by atoms with Crippen LogP contribution in [-0.2, 0) is 5.75 Å². The highest BCUT2D eigenvalue weighted by Crippen LogP contribution is 2.30. The summed E-state index contributed by atoms with van der Waals surface area (Å²) in [5.74, 6) is 1.72. The number of nitrogen functional groups attached to an aromatic ring is 1. The quantitative estimate of drug-likeness (QED) is 0.672. The number of benzene rings is 2. The molecule has 2 aromatic carbocycles. The van der Waals surface area contributed by atoms with Crippen LogP contribution in [0, 0.1) is 0 Å². The van der Waals surface area contributed by atoms with Gasteiger partial charge in [-0.1, -0.05) is 23.7 Å². The normalized spacial score (nSPS) is 10.3. The highest BCUT2D eigenvalue weighted by molar-refractivity contribution is 7.98. The Morgan fingerprint density at radius 2 is 2.06 bits per heavy atom. The third-order valence-corrected chi connectivity index (χ3v) is 3.90. The molecule has 0 radical (unpaired) electrons. The summed E-state index contributed by atoms with van der Waals surface area (Å²) in [4.78, 5) is 1.04. The fraction of sp³-hybridized carbons (Fsp3) is 0.143. The van der Waals surface area contributed by atoms with Gasteiger partial charge < -0.3 is 10.5 Å². The maximum atomic E-state index is 5.91. The Labute approximate surface area is 116 Å². The van der Waals surface area contributed by atoms with Crippen molar-refractivity contribution in [2.45, 2.75) is 10.6 Å². The first kappa shape index (κ1) is 13.1. The molecular weight excluding hydrogens is 266 g/mol. The summed E-state index contributed by atoms with van der Waals surface area (Å²) in [6, 6.07) is 13.6. The van der Waals surface area contributed by atoms with Crippen molar-refractivity contribution in [3.05, 3.63) is 53.1 Å². The van der Waals surface area contributed by atoms with Gasteiger partial charge in [-0.25, -0.2) is 0 Å². The van der Waals surface area contributed by atoms with Gasteiger partial charge >= 0.3 is 0 Å². The number of thioether (sulfide) groups is 1. The summed E-state index contributed by atoms with van der Waals surface area (Å²) in [5.41, 5.74) is 7.83. The average Bonchev–Trinajstić information content (AvgIpc) is 2.38. The smallest absolute Gasteiger partial charge is 0.119 e. The van der Waals surface area contributed by atoms with Gasteiger partial charge in [0.2, 0.25) is 0 Å². The molecule has 0 bridgehead atoms. The molecule has 2 rings (SSSR count). The zero-order chi connectivity index (χ0) is 13.0. The Hall–Kier alpha value is -1.32. The van der Waals surface area contributed by atoms with Gasteiger partial charge in [-0.15, -0.1) is 11.8 Å². The van der Waals surface area contributed by atoms with E-state index in [4.69, 9.17) is 22.1 Å². The van der Waals surface area contributed by atoms with Crippen molar-refractivity contribution < 1.29 is 4.74 Å². The zero-order valence-electron chi connectivity index (χ0n) is 10.0. The molecule has 2 N–H and O–H groups in total. The van der Waals surface area contributed by atoms with Crippen LogP contribution in [0.15, 0.2) is 47.4 Å². The molecule has 0 saturated carbocycles. The van der Waals surface area contributed by atoms with Gasteiger partial charge in [-0.05, 0) is 35.9 Å². The van der Waals surface area contributed by atoms with Crippen molar-refractivity contribution in [3.8, 4) is 5.75 Å². The number of rotatable bonds is 4. The lowest BCUT2D eigenvalue weighted by Gasteiger charge is -2.07. The molecule has 0 aromatic heterocycles. The minimum atomic E-state index is 0.665. The largest absolute Gasteiger partial charge is 0.497 e. The number of halogens is 1. The van der Waals surface area contributed by atoms with E-state index in [2.05, 4.69) is 6.07 Å². The van der Waals surface area contributed by atoms with E-state index in [9.17, 15) is 0 Å². The van der Waals surface area contributed by atoms with Crippen LogP contribution in [0.5, 0.6) is 5.75 Å². The monoisotopic (exact) mass is 279 g/mol. The molecule has 4 heteroatoms. The number of hydrogen-bond donors (Lipinski definition) is 1. The molecule has 2 aromatic rings. The molecule has 0 aliphatic rings. The van der Waals surface area contributed by atoms with Crippen molar-refractivity contribution in [3.63, 3.8) is 0 Å². The number of anilines is 1. The SMILES string of the molecule is COc1cccc(CSc2ccc(Cl)cc2N)c1. The Bertz CT molecular complexity index is 545. The maximum Gasteiger partial charge on any atom is 0.119 e. The standard InChI is InChI=1S/C14H14ClNOS/c1-17-12-4-2-3-10(7-12)9-18-14-6-5-11(15)8-13(14)16/h2-8H,9,16H2,1H3. The van der Waals surface area contributed by atoms with Gasteiger partial charge in [0.05, 0.1) is 7.11 Å². The number of nitrogens with two attached hydrogens (primary N) is 1. The van der Waals surface area contributed by atoms with Crippen LogP contribution in [0.1, 0.15) is 5.56 Å². The molecule has 0 aliphatic carbocycles. The van der Waals surface area contributed by atoms with Crippen molar-refractivity contribution in [2.24, 2.45) is 0 Å². The topological polar surface area (TPSA) is 35.2 Å². The van der Waals surface area contributed by atoms with Crippen LogP contribution in [0.25, 0.3) is 0 Å². The van der Waals surface area contributed by atoms with Gasteiger partial charge in [-0.3, -0.25) is 0 Å². The van der Waals surface area contributed by atoms with Crippen LogP contribution in [0.4, 0.5) is 5.69 Å². The predicted molar refractivity (Wildman–Crippen MR) is 78.4 cm³/mol. The molecule has 2 nitrogen and oxygen atoms in total. The predicted octanol–water partition coefficient (Wildman–Crippen LogP) is 4.22. The van der Waals surface area contributed by atoms with Gasteiger partial charge in [0.25, 0.3) is 0 Å². The molecule has 0 aliphatic heterocycles. The van der Waals surface area contributed by atoms with E-state index >= 15 is 0 Å². The second kappa shape index (κ2) is 6.03. The van der Waals surface area contributed by atoms with E-state index in [1.54, 1.807) is 24.9 Å². The number of ether oxygens (including phenoxy) is 1. The van der Waals surface area contributed by atoms with Gasteiger partial charge in [0, 0.05) is 21.4 Å². The Kier molecular flexibility index (Phi) is 4.39. The van der Waals surface area contributed by atoms with Crippen molar-refractivity contribution in [1.82, 2.24) is 0 Å². The Morgan fingerprint density at radius 3 is 2.78 bits per heavy atom. The summed E-state index contributed by atoms with van der Waals surface area (Å²) in [7, 11) is 1.67. The molecule has 0 spiro atoms. The molecule has 0 fully saturated rings. The van der Waals surface area contributed by atoms with Crippen LogP contribution in [0.2, 0.25) is 5.02 Å². The van der Waals surface area contributed by atoms with Crippen molar-refractivity contribution >= 4 is 29.1 Å². The molecule has 0 unspecified atom stereocenters. The lowest BCUT2D eigenvalue weighted by Crippen LogP contribution is -1.89. The van der Waals surface area contributed by atoms with Crippen molar-refractivity contribution in [2.75, 3.05) is 12.8 Å². The van der Waals surface area contributed by atoms with E-state index in [0.29, 0.717) is 5.02 Å². The van der Waals surface area contributed by atoms with E-state index in [0.717, 1.165) is 22.1 Å². The lowest BCUT2D eigenvalue weighted by atomic mass is 10.2. The van der Waals surface area contributed by atoms with Gasteiger partial charge in [0.15, 0.2) is 0 Å². The third kappa shape index (κ3) is 3.34. The highest BCUT2D eigenvalue weighted by atomic mass is 35.5. The zero-order valence-corrected chi connectivity index (χ0v) is 11.6. The molecule has 18 heavy (non-hydrogen) atoms. The molecule has 0 atom stereocenters. The maximum absolute atomic E-state index is 5.91. The molecule has 0 heterocycles. The fourth-order valence-corrected chi connectivity index (χ4v) is 2.65. The van der Waals surface area contributed by atoms with Crippen LogP contribution < -0.4 is 10.5 Å². The molecule has 0 saturated heterocycles. The Balaban J connectivity index is 2.06. The Morgan fingerprint density at radius 1 is 1.22 bits per heavy atom. The van der Waals surface area contributed by atoms with Crippen LogP contribution >= 0.6 is 23.4 Å². The summed E-state index contributed by atoms with van der Waals surface area (Å²) in [6.45, 7) is 0. The summed E-state index contributed by atoms with van der Waals surface area (Å²) >= 11 is 7.56. The minimum absolute atomic E-state index is 0.665. The molecular formula is C14H14ClNOS. The summed E-state index contributed by atoms with van der Waals surface area (Å²) in [6.07, 6.45) is 0. The number of methoxy groups -OCH3 is 1. The summed E-state index contributed by atoms with van der Waals surface area (Å²) < 4.78 is 5.19. The van der Waals surface area contributed by atoms with E-state index < -0.39 is 0 Å². The van der Waals surface area contributed by atoms with E-state index in [1.165, 1.54) is 5.56 Å².